The van der Waals surface area contributed by atoms with Crippen molar-refractivity contribution < 1.29 is 13.9 Å². The molecule has 1 amide bonds. The van der Waals surface area contributed by atoms with E-state index in [9.17, 15) is 4.79 Å². The molecule has 3 heterocycles. The average molecular weight is 507 g/mol. The zero-order valence-electron chi connectivity index (χ0n) is 21.1. The number of aromatic nitrogens is 5. The number of hydrogen-bond donors (Lipinski definition) is 1. The highest BCUT2D eigenvalue weighted by molar-refractivity contribution is 6.76. The first-order chi connectivity index (χ1) is 17.2. The molecule has 5 rings (SSSR count). The molecule has 3 aromatic heterocycles. The number of ether oxygens (including phenoxy) is 1. The van der Waals surface area contributed by atoms with Gasteiger partial charge in [-0.25, -0.2) is 8.91 Å². The van der Waals surface area contributed by atoms with E-state index in [0.29, 0.717) is 53.0 Å². The largest absolute Gasteiger partial charge is 0.361 e. The Labute approximate surface area is 210 Å². The van der Waals surface area contributed by atoms with Crippen molar-refractivity contribution in [2.24, 2.45) is 0 Å². The first kappa shape index (κ1) is 24.3. The molecule has 1 fully saturated rings. The van der Waals surface area contributed by atoms with Crippen LogP contribution in [0.25, 0.3) is 16.9 Å². The van der Waals surface area contributed by atoms with Crippen LogP contribution < -0.4 is 5.32 Å². The first-order valence-electron chi connectivity index (χ1n) is 12.3. The lowest BCUT2D eigenvalue weighted by Gasteiger charge is -2.17. The van der Waals surface area contributed by atoms with Gasteiger partial charge in [-0.15, -0.1) is 10.2 Å². The highest BCUT2D eigenvalue weighted by Crippen LogP contribution is 2.40. The van der Waals surface area contributed by atoms with Crippen LogP contribution in [0, 0.1) is 12.7 Å². The normalized spacial score (nSPS) is 13.9. The number of carbonyl (C=O) groups excluding carboxylic acids is 1. The lowest BCUT2D eigenvalue weighted by Crippen LogP contribution is -2.22. The van der Waals surface area contributed by atoms with Crippen LogP contribution in [0.1, 0.15) is 40.5 Å². The number of pyridine rings is 1. The van der Waals surface area contributed by atoms with Crippen molar-refractivity contribution in [3.05, 3.63) is 65.5 Å². The molecule has 10 heteroatoms. The van der Waals surface area contributed by atoms with Crippen molar-refractivity contribution in [3.8, 4) is 11.4 Å². The second kappa shape index (κ2) is 9.59. The lowest BCUT2D eigenvalue weighted by atomic mass is 10.1. The molecule has 1 saturated carbocycles. The summed E-state index contributed by atoms with van der Waals surface area (Å²) in [4.78, 5) is 13.1. The standard InChI is InChI=1S/C26H31FN6O2Si/c1-17-21(27)13-19(14-22(17)29-26(34)20-15-28-33-10-6-5-7-23(20)33)25-31-30-24(18-8-9-18)32(25)16-35-11-12-36(2,3)4/h5-7,10,13-15,18H,8-9,11-12,16H2,1-4H3,(H,29,34). The van der Waals surface area contributed by atoms with Crippen LogP contribution in [0.3, 0.4) is 0 Å². The Morgan fingerprint density at radius 1 is 1.22 bits per heavy atom. The number of benzene rings is 1. The second-order valence-electron chi connectivity index (χ2n) is 10.6. The van der Waals surface area contributed by atoms with Gasteiger partial charge in [0.15, 0.2) is 5.82 Å². The number of nitrogens with zero attached hydrogens (tertiary/aromatic N) is 5. The van der Waals surface area contributed by atoms with Crippen molar-refractivity contribution in [2.45, 2.75) is 58.1 Å². The van der Waals surface area contributed by atoms with Gasteiger partial charge in [-0.05, 0) is 50.1 Å². The minimum Gasteiger partial charge on any atom is -0.361 e. The molecule has 0 atom stereocenters. The van der Waals surface area contributed by atoms with Crippen LogP contribution in [-0.4, -0.2) is 45.0 Å². The molecule has 0 radical (unpaired) electrons. The van der Waals surface area contributed by atoms with E-state index in [0.717, 1.165) is 24.7 Å². The summed E-state index contributed by atoms with van der Waals surface area (Å²) >= 11 is 0. The Hall–Kier alpha value is -3.37. The van der Waals surface area contributed by atoms with Gasteiger partial charge in [0.25, 0.3) is 5.91 Å². The van der Waals surface area contributed by atoms with Crippen LogP contribution in [0.4, 0.5) is 10.1 Å². The summed E-state index contributed by atoms with van der Waals surface area (Å²) in [7, 11) is -1.22. The molecule has 1 N–H and O–H groups in total. The van der Waals surface area contributed by atoms with E-state index in [4.69, 9.17) is 4.74 Å². The predicted molar refractivity (Wildman–Crippen MR) is 139 cm³/mol. The maximum absolute atomic E-state index is 15.1. The van der Waals surface area contributed by atoms with Crippen LogP contribution in [0.5, 0.6) is 0 Å². The molecule has 1 aliphatic rings. The third-order valence-electron chi connectivity index (χ3n) is 6.46. The highest BCUT2D eigenvalue weighted by atomic mass is 28.3. The Bertz CT molecular complexity index is 1420. The van der Waals surface area contributed by atoms with Crippen LogP contribution >= 0.6 is 0 Å². The van der Waals surface area contributed by atoms with E-state index in [1.54, 1.807) is 23.7 Å². The van der Waals surface area contributed by atoms with Gasteiger partial charge in [0.2, 0.25) is 0 Å². The average Bonchev–Trinajstić information content (AvgIpc) is 3.44. The Morgan fingerprint density at radius 2 is 2.03 bits per heavy atom. The molecule has 0 aliphatic heterocycles. The van der Waals surface area contributed by atoms with Gasteiger partial charge < -0.3 is 10.1 Å². The van der Waals surface area contributed by atoms with E-state index >= 15 is 4.39 Å². The fraction of sp³-hybridized carbons (Fsp3) is 0.385. The number of rotatable bonds is 9. The van der Waals surface area contributed by atoms with Crippen molar-refractivity contribution in [2.75, 3.05) is 11.9 Å². The summed E-state index contributed by atoms with van der Waals surface area (Å²) in [6.45, 7) is 9.57. The van der Waals surface area contributed by atoms with Gasteiger partial charge in [-0.1, -0.05) is 25.7 Å². The third-order valence-corrected chi connectivity index (χ3v) is 8.16. The molecule has 1 aliphatic carbocycles. The van der Waals surface area contributed by atoms with Gasteiger partial charge in [0.05, 0.1) is 17.3 Å². The van der Waals surface area contributed by atoms with Crippen LogP contribution in [-0.2, 0) is 11.5 Å². The third kappa shape index (κ3) is 5.10. The van der Waals surface area contributed by atoms with E-state index in [1.165, 1.54) is 12.3 Å². The summed E-state index contributed by atoms with van der Waals surface area (Å²) < 4.78 is 24.7. The molecular formula is C26H31FN6O2Si. The zero-order valence-corrected chi connectivity index (χ0v) is 22.1. The maximum Gasteiger partial charge on any atom is 0.259 e. The Kier molecular flexibility index (Phi) is 6.48. The topological polar surface area (TPSA) is 86.3 Å². The van der Waals surface area contributed by atoms with Gasteiger partial charge in [-0.2, -0.15) is 5.10 Å². The van der Waals surface area contributed by atoms with Crippen LogP contribution in [0.15, 0.2) is 42.7 Å². The van der Waals surface area contributed by atoms with E-state index in [-0.39, 0.29) is 5.91 Å². The number of fused-ring (bicyclic) bond motifs is 1. The van der Waals surface area contributed by atoms with Gasteiger partial charge in [-0.3, -0.25) is 9.36 Å². The molecule has 0 bridgehead atoms. The van der Waals surface area contributed by atoms with E-state index < -0.39 is 13.9 Å². The number of anilines is 1. The number of amides is 1. The quantitative estimate of drug-likeness (QED) is 0.240. The molecule has 0 unspecified atom stereocenters. The van der Waals surface area contributed by atoms with Crippen molar-refractivity contribution in [1.82, 2.24) is 24.4 Å². The summed E-state index contributed by atoms with van der Waals surface area (Å²) in [5.41, 5.74) is 2.36. The lowest BCUT2D eigenvalue weighted by molar-refractivity contribution is 0.0860. The van der Waals surface area contributed by atoms with Crippen molar-refractivity contribution in [3.63, 3.8) is 0 Å². The zero-order chi connectivity index (χ0) is 25.4. The predicted octanol–water partition coefficient (Wildman–Crippen LogP) is 5.48. The number of halogens is 1. The minimum atomic E-state index is -1.22. The second-order valence-corrected chi connectivity index (χ2v) is 16.2. The van der Waals surface area contributed by atoms with Gasteiger partial charge >= 0.3 is 0 Å². The van der Waals surface area contributed by atoms with E-state index in [2.05, 4.69) is 40.3 Å². The van der Waals surface area contributed by atoms with Crippen molar-refractivity contribution >= 4 is 25.2 Å². The molecule has 1 aromatic carbocycles. The summed E-state index contributed by atoms with van der Waals surface area (Å²) in [5, 5.41) is 15.9. The smallest absolute Gasteiger partial charge is 0.259 e. The van der Waals surface area contributed by atoms with Gasteiger partial charge in [0, 0.05) is 43.6 Å². The van der Waals surface area contributed by atoms with Crippen LogP contribution in [0.2, 0.25) is 25.7 Å². The summed E-state index contributed by atoms with van der Waals surface area (Å²) in [6, 6.07) is 9.75. The molecule has 188 valence electrons. The number of carbonyl (C=O) groups is 1. The van der Waals surface area contributed by atoms with Gasteiger partial charge in [0.1, 0.15) is 18.4 Å². The fourth-order valence-electron chi connectivity index (χ4n) is 4.07. The summed E-state index contributed by atoms with van der Waals surface area (Å²) in [6.07, 6.45) is 5.41. The monoisotopic (exact) mass is 506 g/mol. The first-order valence-corrected chi connectivity index (χ1v) is 16.0. The Morgan fingerprint density at radius 3 is 2.78 bits per heavy atom. The number of nitrogens with one attached hydrogen (secondary N) is 1. The molecule has 8 nitrogen and oxygen atoms in total. The van der Waals surface area contributed by atoms with E-state index in [1.807, 2.05) is 22.8 Å². The molecule has 0 saturated heterocycles. The Balaban J connectivity index is 1.43. The SMILES string of the molecule is Cc1c(F)cc(-c2nnc(C3CC3)n2COCC[Si](C)(C)C)cc1NC(=O)c1cnn2ccccc12. The fourth-order valence-corrected chi connectivity index (χ4v) is 4.83. The number of hydrogen-bond acceptors (Lipinski definition) is 5. The molecule has 4 aromatic rings. The minimum absolute atomic E-state index is 0.318. The molecule has 36 heavy (non-hydrogen) atoms. The highest BCUT2D eigenvalue weighted by Gasteiger charge is 2.31. The molecule has 0 spiro atoms. The maximum atomic E-state index is 15.1. The summed E-state index contributed by atoms with van der Waals surface area (Å²) in [5.74, 6) is 0.985. The molecular weight excluding hydrogens is 475 g/mol. The van der Waals surface area contributed by atoms with Crippen molar-refractivity contribution in [1.29, 1.82) is 0 Å².